The van der Waals surface area contributed by atoms with Crippen molar-refractivity contribution in [3.05, 3.63) is 87.4 Å². The lowest BCUT2D eigenvalue weighted by molar-refractivity contribution is -0.384. The monoisotopic (exact) mass is 435 g/mol. The number of nitro groups is 1. The van der Waals surface area contributed by atoms with Gasteiger partial charge in [0.05, 0.1) is 15.5 Å². The van der Waals surface area contributed by atoms with E-state index < -0.39 is 10.8 Å². The highest BCUT2D eigenvalue weighted by Crippen LogP contribution is 2.27. The van der Waals surface area contributed by atoms with E-state index in [-0.39, 0.29) is 16.3 Å². The number of piperidine rings is 1. The van der Waals surface area contributed by atoms with E-state index >= 15 is 0 Å². The molecule has 1 amide bonds. The summed E-state index contributed by atoms with van der Waals surface area (Å²) in [5.74, 6) is -0.493. The molecule has 0 radical (unpaired) electrons. The SMILES string of the molecule is O=C(Nc1ccc(-c2ccc(N3CCCCC3)cc2)cc1)c1cc([N+](=O)[O-])ccc1Cl. The third-order valence-corrected chi connectivity index (χ3v) is 5.80. The second-order valence-electron chi connectivity index (χ2n) is 7.55. The van der Waals surface area contributed by atoms with Crippen LogP contribution in [0, 0.1) is 10.1 Å². The number of hydrogen-bond acceptors (Lipinski definition) is 4. The molecule has 1 heterocycles. The number of rotatable bonds is 5. The number of nitro benzene ring substituents is 1. The third-order valence-electron chi connectivity index (χ3n) is 5.47. The number of nitrogens with zero attached hydrogens (tertiary/aromatic N) is 2. The van der Waals surface area contributed by atoms with Gasteiger partial charge in [0, 0.05) is 36.6 Å². The van der Waals surface area contributed by atoms with Crippen LogP contribution in [0.5, 0.6) is 0 Å². The molecular formula is C24H22ClN3O3. The second-order valence-corrected chi connectivity index (χ2v) is 7.95. The minimum atomic E-state index is -0.557. The van der Waals surface area contributed by atoms with Gasteiger partial charge in [-0.1, -0.05) is 35.9 Å². The Morgan fingerprint density at radius 3 is 2.13 bits per heavy atom. The summed E-state index contributed by atoms with van der Waals surface area (Å²) in [6.45, 7) is 2.23. The third kappa shape index (κ3) is 4.86. The fourth-order valence-electron chi connectivity index (χ4n) is 3.76. The van der Waals surface area contributed by atoms with Gasteiger partial charge < -0.3 is 10.2 Å². The van der Waals surface area contributed by atoms with Gasteiger partial charge in [0.25, 0.3) is 11.6 Å². The molecule has 0 spiro atoms. The molecule has 0 aliphatic carbocycles. The number of carbonyl (C=O) groups excluding carboxylic acids is 1. The van der Waals surface area contributed by atoms with Crippen molar-refractivity contribution in [3.63, 3.8) is 0 Å². The Labute approximate surface area is 185 Å². The highest BCUT2D eigenvalue weighted by Gasteiger charge is 2.16. The molecule has 4 rings (SSSR count). The zero-order valence-corrected chi connectivity index (χ0v) is 17.6. The maximum atomic E-state index is 12.5. The number of nitrogens with one attached hydrogen (secondary N) is 1. The molecule has 6 nitrogen and oxygen atoms in total. The van der Waals surface area contributed by atoms with Gasteiger partial charge in [0.2, 0.25) is 0 Å². The van der Waals surface area contributed by atoms with Crippen LogP contribution in [0.3, 0.4) is 0 Å². The van der Waals surface area contributed by atoms with Gasteiger partial charge in [-0.05, 0) is 60.7 Å². The van der Waals surface area contributed by atoms with Crippen LogP contribution >= 0.6 is 11.6 Å². The average molecular weight is 436 g/mol. The zero-order chi connectivity index (χ0) is 21.8. The van der Waals surface area contributed by atoms with E-state index in [1.807, 2.05) is 12.1 Å². The Kier molecular flexibility index (Phi) is 6.18. The molecule has 3 aromatic carbocycles. The Morgan fingerprint density at radius 2 is 1.52 bits per heavy atom. The van der Waals surface area contributed by atoms with Crippen molar-refractivity contribution in [3.8, 4) is 11.1 Å². The van der Waals surface area contributed by atoms with Crippen LogP contribution in [0.2, 0.25) is 5.02 Å². The first-order valence-electron chi connectivity index (χ1n) is 10.2. The van der Waals surface area contributed by atoms with Gasteiger partial charge in [-0.3, -0.25) is 14.9 Å². The molecule has 0 bridgehead atoms. The van der Waals surface area contributed by atoms with Crippen LogP contribution < -0.4 is 10.2 Å². The molecule has 0 unspecified atom stereocenters. The van der Waals surface area contributed by atoms with E-state index in [0.717, 1.165) is 24.2 Å². The van der Waals surface area contributed by atoms with Gasteiger partial charge in [-0.25, -0.2) is 0 Å². The molecule has 0 aromatic heterocycles. The number of non-ortho nitro benzene ring substituents is 1. The fourth-order valence-corrected chi connectivity index (χ4v) is 3.97. The first-order valence-corrected chi connectivity index (χ1v) is 10.6. The molecule has 1 N–H and O–H groups in total. The number of hydrogen-bond donors (Lipinski definition) is 1. The Bertz CT molecular complexity index is 1090. The van der Waals surface area contributed by atoms with E-state index in [4.69, 9.17) is 11.6 Å². The summed E-state index contributed by atoms with van der Waals surface area (Å²) in [4.78, 5) is 25.4. The van der Waals surface area contributed by atoms with Crippen LogP contribution in [0.4, 0.5) is 17.1 Å². The molecule has 1 saturated heterocycles. The molecule has 0 atom stereocenters. The summed E-state index contributed by atoms with van der Waals surface area (Å²) < 4.78 is 0. The standard InChI is InChI=1S/C24H22ClN3O3/c25-23-13-12-21(28(30)31)16-22(23)24(29)26-19-8-4-17(5-9-19)18-6-10-20(11-7-18)27-14-2-1-3-15-27/h4-13,16H,1-3,14-15H2,(H,26,29). The maximum Gasteiger partial charge on any atom is 0.270 e. The van der Waals surface area contributed by atoms with E-state index in [0.29, 0.717) is 5.69 Å². The lowest BCUT2D eigenvalue weighted by atomic mass is 10.0. The second kappa shape index (κ2) is 9.18. The van der Waals surface area contributed by atoms with Gasteiger partial charge in [-0.15, -0.1) is 0 Å². The quantitative estimate of drug-likeness (QED) is 0.384. The van der Waals surface area contributed by atoms with Crippen molar-refractivity contribution in [2.75, 3.05) is 23.3 Å². The number of benzene rings is 3. The van der Waals surface area contributed by atoms with Gasteiger partial charge >= 0.3 is 0 Å². The molecule has 1 aliphatic rings. The molecule has 7 heteroatoms. The smallest absolute Gasteiger partial charge is 0.270 e. The van der Waals surface area contributed by atoms with Gasteiger partial charge in [-0.2, -0.15) is 0 Å². The van der Waals surface area contributed by atoms with Crippen molar-refractivity contribution >= 4 is 34.6 Å². The summed E-state index contributed by atoms with van der Waals surface area (Å²) in [7, 11) is 0. The lowest BCUT2D eigenvalue weighted by Gasteiger charge is -2.28. The van der Waals surface area contributed by atoms with E-state index in [1.165, 1.54) is 43.1 Å². The van der Waals surface area contributed by atoms with Crippen molar-refractivity contribution in [2.24, 2.45) is 0 Å². The normalized spacial score (nSPS) is 13.6. The predicted molar refractivity (Wildman–Crippen MR) is 124 cm³/mol. The number of carbonyl (C=O) groups is 1. The number of amides is 1. The number of anilines is 2. The highest BCUT2D eigenvalue weighted by molar-refractivity contribution is 6.34. The zero-order valence-electron chi connectivity index (χ0n) is 16.9. The van der Waals surface area contributed by atoms with Crippen LogP contribution in [0.1, 0.15) is 29.6 Å². The Hall–Kier alpha value is -3.38. The van der Waals surface area contributed by atoms with Crippen LogP contribution in [-0.2, 0) is 0 Å². The summed E-state index contributed by atoms with van der Waals surface area (Å²) in [5, 5.41) is 13.9. The molecular weight excluding hydrogens is 414 g/mol. The molecule has 31 heavy (non-hydrogen) atoms. The Morgan fingerprint density at radius 1 is 0.903 bits per heavy atom. The van der Waals surface area contributed by atoms with Crippen LogP contribution in [0.15, 0.2) is 66.7 Å². The van der Waals surface area contributed by atoms with Gasteiger partial charge in [0.15, 0.2) is 0 Å². The predicted octanol–water partition coefficient (Wildman–Crippen LogP) is 6.16. The highest BCUT2D eigenvalue weighted by atomic mass is 35.5. The molecule has 3 aromatic rings. The first kappa shape index (κ1) is 20.9. The topological polar surface area (TPSA) is 75.5 Å². The molecule has 1 aliphatic heterocycles. The Balaban J connectivity index is 1.45. The molecule has 158 valence electrons. The van der Waals surface area contributed by atoms with Crippen molar-refractivity contribution in [2.45, 2.75) is 19.3 Å². The van der Waals surface area contributed by atoms with Crippen molar-refractivity contribution < 1.29 is 9.72 Å². The minimum absolute atomic E-state index is 0.0632. The van der Waals surface area contributed by atoms with E-state index in [2.05, 4.69) is 34.5 Å². The summed E-state index contributed by atoms with van der Waals surface area (Å²) in [5.41, 5.74) is 3.85. The summed E-state index contributed by atoms with van der Waals surface area (Å²) in [6, 6.07) is 19.8. The van der Waals surface area contributed by atoms with E-state index in [9.17, 15) is 14.9 Å². The summed E-state index contributed by atoms with van der Waals surface area (Å²) >= 11 is 6.05. The van der Waals surface area contributed by atoms with Crippen molar-refractivity contribution in [1.82, 2.24) is 0 Å². The minimum Gasteiger partial charge on any atom is -0.372 e. The fraction of sp³-hybridized carbons (Fsp3) is 0.208. The average Bonchev–Trinajstić information content (AvgIpc) is 2.80. The van der Waals surface area contributed by atoms with Gasteiger partial charge in [0.1, 0.15) is 0 Å². The first-order chi connectivity index (χ1) is 15.0. The number of halogens is 1. The molecule has 0 saturated carbocycles. The van der Waals surface area contributed by atoms with Crippen molar-refractivity contribution in [1.29, 1.82) is 0 Å². The maximum absolute atomic E-state index is 12.5. The summed E-state index contributed by atoms with van der Waals surface area (Å²) in [6.07, 6.45) is 3.80. The van der Waals surface area contributed by atoms with Crippen LogP contribution in [0.25, 0.3) is 11.1 Å². The molecule has 1 fully saturated rings. The lowest BCUT2D eigenvalue weighted by Crippen LogP contribution is -2.29. The van der Waals surface area contributed by atoms with E-state index in [1.54, 1.807) is 12.1 Å². The van der Waals surface area contributed by atoms with Crippen LogP contribution in [-0.4, -0.2) is 23.9 Å². The largest absolute Gasteiger partial charge is 0.372 e.